The molecule has 0 aliphatic carbocycles. The van der Waals surface area contributed by atoms with Gasteiger partial charge in [0.2, 0.25) is 40.6 Å². The van der Waals surface area contributed by atoms with Gasteiger partial charge in [0.1, 0.15) is 40.1 Å². The normalized spacial score (nSPS) is 11.1. The van der Waals surface area contributed by atoms with E-state index in [1.54, 1.807) is 56.5 Å². The van der Waals surface area contributed by atoms with Crippen molar-refractivity contribution in [1.82, 2.24) is 105 Å². The van der Waals surface area contributed by atoms with E-state index < -0.39 is 0 Å². The number of carbonyl (C=O) groups excluding carboxylic acids is 1. The van der Waals surface area contributed by atoms with Gasteiger partial charge in [-0.1, -0.05) is 74.5 Å². The zero-order valence-corrected chi connectivity index (χ0v) is 74.3. The van der Waals surface area contributed by atoms with Crippen LogP contribution in [0.1, 0.15) is 110 Å². The Morgan fingerprint density at radius 1 is 0.424 bits per heavy atom. The number of aromatic nitrogens is 20. The van der Waals surface area contributed by atoms with Crippen molar-refractivity contribution >= 4 is 102 Å². The number of aliphatic hydroxyl groups is 1. The molecular formula is C99H91N29O4. The minimum absolute atomic E-state index is 0.0213. The number of ether oxygens (including phenoxy) is 2. The van der Waals surface area contributed by atoms with Gasteiger partial charge in [-0.2, -0.15) is 5.26 Å². The number of hydrogen-bond donors (Lipinski definition) is 10. The van der Waals surface area contributed by atoms with Crippen LogP contribution < -0.4 is 30.7 Å². The van der Waals surface area contributed by atoms with Crippen LogP contribution in [0.3, 0.4) is 0 Å². The Morgan fingerprint density at radius 2 is 0.803 bits per heavy atom. The Kier molecular flexibility index (Phi) is 28.6. The molecule has 0 spiro atoms. The van der Waals surface area contributed by atoms with Gasteiger partial charge in [-0.15, -0.1) is 0 Å². The first kappa shape index (κ1) is 90.6. The maximum atomic E-state index is 11.9. The first-order chi connectivity index (χ1) is 64.0. The van der Waals surface area contributed by atoms with Crippen molar-refractivity contribution in [3.05, 3.63) is 304 Å². The second-order valence-electron chi connectivity index (χ2n) is 31.8. The number of H-pyrrole nitrogens is 5. The molecule has 656 valence electrons. The van der Waals surface area contributed by atoms with Gasteiger partial charge in [-0.25, -0.2) is 94.1 Å². The summed E-state index contributed by atoms with van der Waals surface area (Å²) in [6.07, 6.45) is 27.2. The van der Waals surface area contributed by atoms with Gasteiger partial charge in [0, 0.05) is 166 Å². The fourth-order valence-electron chi connectivity index (χ4n) is 14.1. The quantitative estimate of drug-likeness (QED) is 0.0282. The van der Waals surface area contributed by atoms with E-state index in [-0.39, 0.29) is 54.7 Å². The van der Waals surface area contributed by atoms with Crippen molar-refractivity contribution in [3.63, 3.8) is 0 Å². The second kappa shape index (κ2) is 41.7. The average Bonchev–Trinajstić information content (AvgIpc) is 1.65. The molecule has 18 aromatic rings. The number of carbonyl (C=O) groups is 1. The zero-order chi connectivity index (χ0) is 93.1. The first-order valence-electron chi connectivity index (χ1n) is 42.1. The van der Waals surface area contributed by atoms with Gasteiger partial charge in [-0.3, -0.25) is 4.79 Å². The molecule has 132 heavy (non-hydrogen) atoms. The highest BCUT2D eigenvalue weighted by molar-refractivity contribution is 6.00. The van der Waals surface area contributed by atoms with Crippen LogP contribution in [0.2, 0.25) is 0 Å². The number of fused-ring (bicyclic) bond motifs is 5. The summed E-state index contributed by atoms with van der Waals surface area (Å²) < 4.78 is 11.2. The van der Waals surface area contributed by atoms with E-state index in [0.717, 1.165) is 123 Å². The molecule has 1 atom stereocenters. The van der Waals surface area contributed by atoms with Crippen molar-refractivity contribution in [2.75, 3.05) is 29.6 Å². The molecule has 0 saturated carbocycles. The Hall–Kier alpha value is -17.6. The summed E-state index contributed by atoms with van der Waals surface area (Å²) in [6, 6.07) is 40.2. The highest BCUT2D eigenvalue weighted by Crippen LogP contribution is 2.40. The van der Waals surface area contributed by atoms with E-state index in [0.29, 0.717) is 92.4 Å². The predicted octanol–water partition coefficient (Wildman–Crippen LogP) is 20.3. The average molecular weight is 1750 g/mol. The maximum absolute atomic E-state index is 11.9. The number of rotatable bonds is 22. The van der Waals surface area contributed by atoms with Crippen molar-refractivity contribution in [2.24, 2.45) is 5.92 Å². The number of nitrogens with one attached hydrogen (secondary N) is 9. The van der Waals surface area contributed by atoms with Crippen LogP contribution in [0.5, 0.6) is 17.8 Å². The molecule has 0 aliphatic rings. The number of hydrogen-bond acceptors (Lipinski definition) is 23. The molecular weight excluding hydrogens is 1660 g/mol. The molecule has 0 fully saturated rings. The number of anilines is 3. The van der Waals surface area contributed by atoms with Gasteiger partial charge in [0.25, 0.3) is 5.91 Å². The molecule has 3 aromatic carbocycles. The summed E-state index contributed by atoms with van der Waals surface area (Å²) in [4.78, 5) is 108. The lowest BCUT2D eigenvalue weighted by Crippen LogP contribution is -2.30. The number of nitriles is 1. The summed E-state index contributed by atoms with van der Waals surface area (Å²) in [6.45, 7) is 51.6. The summed E-state index contributed by atoms with van der Waals surface area (Å²) in [5.74, 6) is 2.12. The van der Waals surface area contributed by atoms with E-state index in [9.17, 15) is 15.2 Å². The molecule has 0 saturated heterocycles. The lowest BCUT2D eigenvalue weighted by Gasteiger charge is -2.20. The van der Waals surface area contributed by atoms with Crippen LogP contribution >= 0.6 is 0 Å². The Labute approximate surface area is 760 Å². The number of benzene rings is 3. The fraction of sp³-hybridized carbons (Fsp3) is 0.202. The number of para-hydroxylation sites is 1. The van der Waals surface area contributed by atoms with Gasteiger partial charge < -0.3 is 60.8 Å². The molecule has 15 aromatic heterocycles. The molecule has 10 N–H and O–H groups in total. The van der Waals surface area contributed by atoms with E-state index in [4.69, 9.17) is 35.8 Å². The molecule has 0 bridgehead atoms. The minimum Gasteiger partial charge on any atom is -0.461 e. The Morgan fingerprint density at radius 3 is 1.23 bits per heavy atom. The smallest absolute Gasteiger partial charge is 0.319 e. The largest absolute Gasteiger partial charge is 0.461 e. The highest BCUT2D eigenvalue weighted by Gasteiger charge is 2.24. The molecule has 0 radical (unpaired) electrons. The van der Waals surface area contributed by atoms with Gasteiger partial charge in [0.05, 0.1) is 85.3 Å². The predicted molar refractivity (Wildman–Crippen MR) is 511 cm³/mol. The number of aliphatic hydroxyl groups excluding tert-OH is 1. The molecule has 15 heterocycles. The third-order valence-electron chi connectivity index (χ3n) is 20.4. The van der Waals surface area contributed by atoms with Crippen LogP contribution in [0, 0.1) is 64.3 Å². The summed E-state index contributed by atoms with van der Waals surface area (Å²) in [7, 11) is 1.62. The van der Waals surface area contributed by atoms with E-state index >= 15 is 0 Å². The second-order valence-corrected chi connectivity index (χ2v) is 31.8. The van der Waals surface area contributed by atoms with Crippen LogP contribution in [0.4, 0.5) is 40.6 Å². The van der Waals surface area contributed by atoms with Gasteiger partial charge in [-0.05, 0) is 175 Å². The standard InChI is InChI=1S/C24H23N7O.C22H20N6.C19H13N5O.C18H20N6O.C16H15N5O/c1-14(2)30-24-29-13-20(25-3)21(31-24)19-12-28-22-18(19)10-16(11-27-22)8-15-6-5-7-17(9-15)23(32)26-4;1-14(2)27-22-26-13-19(23-3)20(28-22)18-12-25-21-17(18)10-16(11-24-21)9-15-7-5-4-6-8-15;1-12-8-14-15(10-22-18(14)21-9-12)17-16(20-2)11-23-19(24-17)25-13-6-4-3-5-7-13;1-10(2)15(9-25)23-18-22-7-12(5-19)16(24-18)14-8-21-17-13(14)4-11(3)6-20-17;1-9(2)22-16-20-8-13(17-4)14(21-16)12-7-19-15-11(12)5-10(3)6-18-15/h5-7,9-14H,8H2,1-2,4H3,(H,26,32)(H,27,28)(H,29,30,31);4-8,10-14H,9H2,1-2H3,(H,24,25)(H,26,27,28);3-11H,1H3,(H,21,22);4,6-8,10,15,25H,9H2,1-3H3,(H,20,21)(H,22,23,24);5-9H,1-3H3,(H,18,19)/t;;;15-;/m...0./s1. The number of amides is 1. The topological polar surface area (TPSA) is 417 Å². The first-order valence-corrected chi connectivity index (χ1v) is 42.1. The van der Waals surface area contributed by atoms with Crippen LogP contribution in [0.15, 0.2) is 208 Å². The summed E-state index contributed by atoms with van der Waals surface area (Å²) in [5.41, 5.74) is 20.6. The third kappa shape index (κ3) is 21.7. The monoisotopic (exact) mass is 1750 g/mol. The van der Waals surface area contributed by atoms with Gasteiger partial charge in [0.15, 0.2) is 0 Å². The summed E-state index contributed by atoms with van der Waals surface area (Å²) >= 11 is 0. The van der Waals surface area contributed by atoms with Crippen molar-refractivity contribution < 1.29 is 19.4 Å². The van der Waals surface area contributed by atoms with Crippen LogP contribution in [0.25, 0.3) is 131 Å². The number of nitrogens with zero attached hydrogens (tertiary/aromatic N) is 20. The third-order valence-corrected chi connectivity index (χ3v) is 20.4. The maximum Gasteiger partial charge on any atom is 0.319 e. The number of aromatic amines is 5. The van der Waals surface area contributed by atoms with Gasteiger partial charge >= 0.3 is 12.0 Å². The van der Waals surface area contributed by atoms with Crippen LogP contribution in [-0.2, 0) is 12.8 Å². The SMILES string of the molecule is Cc1cnc2[nH]cc(-c3nc(N[C@@H](CO)C(C)C)ncc3C#N)c2c1.[C-]#[N+]c1cnc(NC(C)C)nc1-c1c[nH]c2ncc(Cc3cccc(C(=O)NC)c3)cc12.[C-]#[N+]c1cnc(NC(C)C)nc1-c1c[nH]c2ncc(Cc3ccccc3)cc12.[C-]#[N+]c1cnc(OC(C)C)nc1-c1c[nH]c2ncc(C)cc12.[C-]#[N+]c1cnc(Oc2ccccc2)nc1-c1c[nH]c2ncc(C)cc12. The zero-order valence-electron chi connectivity index (χ0n) is 74.3. The van der Waals surface area contributed by atoms with Crippen LogP contribution in [-0.4, -0.2) is 149 Å². The molecule has 1 amide bonds. The highest BCUT2D eigenvalue weighted by atomic mass is 16.5. The lowest BCUT2D eigenvalue weighted by atomic mass is 10.0. The molecule has 33 heteroatoms. The lowest BCUT2D eigenvalue weighted by molar-refractivity contribution is 0.0963. The van der Waals surface area contributed by atoms with Crippen molar-refractivity contribution in [3.8, 4) is 80.1 Å². The van der Waals surface area contributed by atoms with E-state index in [1.165, 1.54) is 24.2 Å². The Balaban J connectivity index is 0.000000133. The molecule has 33 nitrogen and oxygen atoms in total. The summed E-state index contributed by atoms with van der Waals surface area (Å²) in [5, 5.41) is 35.7. The van der Waals surface area contributed by atoms with Crippen molar-refractivity contribution in [1.29, 1.82) is 5.26 Å². The molecule has 0 aliphatic heterocycles. The van der Waals surface area contributed by atoms with Crippen molar-refractivity contribution in [2.45, 2.75) is 113 Å². The fourth-order valence-corrected chi connectivity index (χ4v) is 14.1. The van der Waals surface area contributed by atoms with E-state index in [1.807, 2.05) is 198 Å². The number of pyridine rings is 5. The number of aryl methyl sites for hydroxylation is 3. The minimum atomic E-state index is -0.160. The van der Waals surface area contributed by atoms with E-state index in [2.05, 4.69) is 165 Å². The molecule has 18 rings (SSSR count). The Bertz CT molecular complexity index is 7430. The molecule has 0 unspecified atom stereocenters.